The summed E-state index contributed by atoms with van der Waals surface area (Å²) >= 11 is 2.91. The van der Waals surface area contributed by atoms with Gasteiger partial charge in [-0.2, -0.15) is 10.5 Å². The van der Waals surface area contributed by atoms with Crippen LogP contribution in [0.1, 0.15) is 11.1 Å². The molecule has 8 aromatic carbocycles. The van der Waals surface area contributed by atoms with Gasteiger partial charge in [-0.25, -0.2) is 0 Å². The molecule has 0 aliphatic rings. The Morgan fingerprint density at radius 3 is 0.900 bits per heavy atom. The molecule has 0 N–H and O–H groups in total. The number of allylic oxidation sites excluding steroid dienone is 2. The lowest BCUT2D eigenvalue weighted by atomic mass is 9.89. The van der Waals surface area contributed by atoms with Crippen molar-refractivity contribution in [2.75, 3.05) is 0 Å². The second-order valence-electron chi connectivity index (χ2n) is 12.1. The molecule has 0 aliphatic carbocycles. The number of hydrogen-bond donors (Lipinski definition) is 0. The maximum absolute atomic E-state index is 10.4. The Balaban J connectivity index is 1.18. The van der Waals surface area contributed by atoms with Crippen LogP contribution in [0.15, 0.2) is 168 Å². The maximum Gasteiger partial charge on any atom is 0.109 e. The molecular formula is C46H30N2S2. The molecule has 0 bridgehead atoms. The second-order valence-corrected chi connectivity index (χ2v) is 14.1. The zero-order chi connectivity index (χ0) is 33.9. The van der Waals surface area contributed by atoms with Gasteiger partial charge in [0.25, 0.3) is 0 Å². The lowest BCUT2D eigenvalue weighted by molar-refractivity contribution is 1.47. The van der Waals surface area contributed by atoms with E-state index in [0.717, 1.165) is 21.5 Å². The van der Waals surface area contributed by atoms with Crippen LogP contribution in [0.5, 0.6) is 0 Å². The Hall–Kier alpha value is -5.78. The molecule has 4 heteroatoms. The lowest BCUT2D eigenvalue weighted by Gasteiger charge is -2.18. The van der Waals surface area contributed by atoms with E-state index >= 15 is 0 Å². The zero-order valence-corrected chi connectivity index (χ0v) is 28.8. The molecule has 8 rings (SSSR count). The van der Waals surface area contributed by atoms with Crippen molar-refractivity contribution >= 4 is 66.6 Å². The van der Waals surface area contributed by atoms with Gasteiger partial charge in [0, 0.05) is 11.5 Å². The van der Waals surface area contributed by atoms with E-state index in [1.807, 2.05) is 12.1 Å². The van der Waals surface area contributed by atoms with Gasteiger partial charge in [0.1, 0.15) is 21.9 Å². The summed E-state index contributed by atoms with van der Waals surface area (Å²) in [5, 5.41) is 30.3. The van der Waals surface area contributed by atoms with Gasteiger partial charge in [0.2, 0.25) is 0 Å². The standard InChI is InChI=1S/C46H30N2S2/c47-27-43(49-29-41-33-19-7-11-23-37(33)45(31-15-3-1-4-16-31)38-24-12-8-20-34(38)41)44(28-48)50-30-42-35-21-9-13-25-39(35)46(32-17-5-2-6-18-32)40-26-14-10-22-36(40)42/h1-26H,29-30H2/b44-43+. The van der Waals surface area contributed by atoms with E-state index in [4.69, 9.17) is 0 Å². The number of hydrogen-bond acceptors (Lipinski definition) is 4. The first-order valence-corrected chi connectivity index (χ1v) is 18.5. The highest BCUT2D eigenvalue weighted by Crippen LogP contribution is 2.44. The minimum Gasteiger partial charge on any atom is -0.192 e. The van der Waals surface area contributed by atoms with Gasteiger partial charge in [-0.05, 0) is 76.5 Å². The zero-order valence-electron chi connectivity index (χ0n) is 27.1. The summed E-state index contributed by atoms with van der Waals surface area (Å²) in [6.07, 6.45) is 0. The predicted molar refractivity (Wildman–Crippen MR) is 215 cm³/mol. The third-order valence-corrected chi connectivity index (χ3v) is 11.5. The van der Waals surface area contributed by atoms with Crippen molar-refractivity contribution in [2.45, 2.75) is 11.5 Å². The van der Waals surface area contributed by atoms with Crippen molar-refractivity contribution in [1.82, 2.24) is 0 Å². The predicted octanol–water partition coefficient (Wildman–Crippen LogP) is 13.1. The minimum atomic E-state index is 0.451. The van der Waals surface area contributed by atoms with E-state index in [1.54, 1.807) is 0 Å². The second kappa shape index (κ2) is 14.0. The van der Waals surface area contributed by atoms with Crippen LogP contribution in [0.3, 0.4) is 0 Å². The number of rotatable bonds is 8. The normalized spacial score (nSPS) is 11.8. The average molecular weight is 675 g/mol. The average Bonchev–Trinajstić information content (AvgIpc) is 3.19. The highest BCUT2D eigenvalue weighted by atomic mass is 32.2. The topological polar surface area (TPSA) is 47.6 Å². The summed E-state index contributed by atoms with van der Waals surface area (Å²) in [4.78, 5) is 0.902. The molecule has 0 aliphatic heterocycles. The Morgan fingerprint density at radius 1 is 0.360 bits per heavy atom. The van der Waals surface area contributed by atoms with E-state index in [9.17, 15) is 10.5 Å². The smallest absolute Gasteiger partial charge is 0.109 e. The van der Waals surface area contributed by atoms with Gasteiger partial charge in [-0.1, -0.05) is 158 Å². The molecule has 0 fully saturated rings. The number of benzene rings is 8. The van der Waals surface area contributed by atoms with Crippen LogP contribution in [0.4, 0.5) is 0 Å². The number of nitrogens with zero attached hydrogens (tertiary/aromatic N) is 2. The van der Waals surface area contributed by atoms with Gasteiger partial charge in [-0.3, -0.25) is 0 Å². The highest BCUT2D eigenvalue weighted by molar-refractivity contribution is 8.06. The van der Waals surface area contributed by atoms with Crippen LogP contribution in [0, 0.1) is 22.7 Å². The Morgan fingerprint density at radius 2 is 0.620 bits per heavy atom. The maximum atomic E-state index is 10.4. The summed E-state index contributed by atoms with van der Waals surface area (Å²) in [7, 11) is 0. The van der Waals surface area contributed by atoms with Crippen molar-refractivity contribution < 1.29 is 0 Å². The number of thioether (sulfide) groups is 2. The Kier molecular flexibility index (Phi) is 8.81. The molecule has 2 nitrogen and oxygen atoms in total. The SMILES string of the molecule is N#C/C(SCc1c2ccccc2c(-c2ccccc2)c2ccccc12)=C(/C#N)SCc1c2ccccc2c(-c2ccccc2)c2ccccc12. The minimum absolute atomic E-state index is 0.451. The van der Waals surface area contributed by atoms with E-state index < -0.39 is 0 Å². The molecule has 0 unspecified atom stereocenters. The van der Waals surface area contributed by atoms with Crippen LogP contribution >= 0.6 is 23.5 Å². The summed E-state index contributed by atoms with van der Waals surface area (Å²) in [5.74, 6) is 1.14. The summed E-state index contributed by atoms with van der Waals surface area (Å²) < 4.78 is 0. The van der Waals surface area contributed by atoms with Crippen molar-refractivity contribution in [3.63, 3.8) is 0 Å². The van der Waals surface area contributed by atoms with Crippen molar-refractivity contribution in [3.8, 4) is 34.4 Å². The molecule has 0 radical (unpaired) electrons. The fourth-order valence-electron chi connectivity index (χ4n) is 7.17. The first kappa shape index (κ1) is 31.5. The molecule has 236 valence electrons. The summed E-state index contributed by atoms with van der Waals surface area (Å²) in [6.45, 7) is 0. The van der Waals surface area contributed by atoms with E-state index in [-0.39, 0.29) is 0 Å². The van der Waals surface area contributed by atoms with Crippen LogP contribution in [-0.2, 0) is 11.5 Å². The first-order chi connectivity index (χ1) is 24.8. The lowest BCUT2D eigenvalue weighted by Crippen LogP contribution is -1.94. The van der Waals surface area contributed by atoms with Crippen LogP contribution in [0.25, 0.3) is 65.3 Å². The van der Waals surface area contributed by atoms with E-state index in [2.05, 4.69) is 158 Å². The molecule has 50 heavy (non-hydrogen) atoms. The highest BCUT2D eigenvalue weighted by Gasteiger charge is 2.19. The molecule has 0 aromatic heterocycles. The Bertz CT molecular complexity index is 2370. The van der Waals surface area contributed by atoms with Crippen LogP contribution < -0.4 is 0 Å². The van der Waals surface area contributed by atoms with E-state index in [1.165, 1.54) is 78.4 Å². The third-order valence-electron chi connectivity index (χ3n) is 9.34. The van der Waals surface area contributed by atoms with Crippen molar-refractivity contribution in [2.24, 2.45) is 0 Å². The number of nitriles is 2. The monoisotopic (exact) mass is 674 g/mol. The number of fused-ring (bicyclic) bond motifs is 4. The van der Waals surface area contributed by atoms with Crippen LogP contribution in [0.2, 0.25) is 0 Å². The molecule has 0 heterocycles. The molecule has 0 atom stereocenters. The van der Waals surface area contributed by atoms with Crippen molar-refractivity contribution in [3.05, 3.63) is 179 Å². The largest absolute Gasteiger partial charge is 0.192 e. The van der Waals surface area contributed by atoms with E-state index in [0.29, 0.717) is 21.3 Å². The molecule has 8 aromatic rings. The van der Waals surface area contributed by atoms with Gasteiger partial charge in [0.15, 0.2) is 0 Å². The quantitative estimate of drug-likeness (QED) is 0.119. The summed E-state index contributed by atoms with van der Waals surface area (Å²) in [6, 6.07) is 60.0. The Labute approximate surface area is 300 Å². The molecular weight excluding hydrogens is 645 g/mol. The van der Waals surface area contributed by atoms with Gasteiger partial charge in [0.05, 0.1) is 0 Å². The molecule has 0 amide bonds. The third kappa shape index (κ3) is 5.70. The fourth-order valence-corrected chi connectivity index (χ4v) is 9.20. The fraction of sp³-hybridized carbons (Fsp3) is 0.0435. The molecule has 0 saturated heterocycles. The van der Waals surface area contributed by atoms with Gasteiger partial charge >= 0.3 is 0 Å². The molecule has 0 spiro atoms. The van der Waals surface area contributed by atoms with Gasteiger partial charge < -0.3 is 0 Å². The summed E-state index contributed by atoms with van der Waals surface area (Å²) in [5.41, 5.74) is 7.13. The first-order valence-electron chi connectivity index (χ1n) is 16.5. The van der Waals surface area contributed by atoms with Crippen molar-refractivity contribution in [1.29, 1.82) is 10.5 Å². The van der Waals surface area contributed by atoms with Crippen LogP contribution in [-0.4, -0.2) is 0 Å². The van der Waals surface area contributed by atoms with Gasteiger partial charge in [-0.15, -0.1) is 23.5 Å². The molecule has 0 saturated carbocycles.